The minimum atomic E-state index is 1.21. The lowest BCUT2D eigenvalue weighted by Crippen LogP contribution is -1.83. The van der Waals surface area contributed by atoms with E-state index in [2.05, 4.69) is 18.7 Å². The van der Waals surface area contributed by atoms with Crippen LogP contribution < -0.4 is 0 Å². The molecule has 0 unspecified atom stereocenters. The van der Waals surface area contributed by atoms with E-state index in [-0.39, 0.29) is 0 Å². The van der Waals surface area contributed by atoms with Crippen molar-refractivity contribution in [3.63, 3.8) is 0 Å². The molecule has 0 heterocycles. The second-order valence-electron chi connectivity index (χ2n) is 1.94. The van der Waals surface area contributed by atoms with Gasteiger partial charge >= 0.3 is 0 Å². The van der Waals surface area contributed by atoms with E-state index < -0.39 is 0 Å². The van der Waals surface area contributed by atoms with Crippen molar-refractivity contribution in [2.75, 3.05) is 0 Å². The third kappa shape index (κ3) is 1.56. The van der Waals surface area contributed by atoms with Crippen LogP contribution in [0.25, 0.3) is 0 Å². The molecule has 1 rings (SSSR count). The summed E-state index contributed by atoms with van der Waals surface area (Å²) in [6.07, 6.45) is 7.38. The molecule has 1 aliphatic rings. The molecule has 0 saturated carbocycles. The molecule has 0 amide bonds. The van der Waals surface area contributed by atoms with Crippen molar-refractivity contribution >= 4 is 12.6 Å². The molecule has 0 radical (unpaired) electrons. The molecule has 0 spiro atoms. The van der Waals surface area contributed by atoms with Crippen LogP contribution in [0.2, 0.25) is 0 Å². The monoisotopic (exact) mass is 114 g/mol. The number of hydrogen-bond donors (Lipinski definition) is 1. The fraction of sp³-hybridized carbons (Fsp3) is 0.667. The van der Waals surface area contributed by atoms with E-state index in [1.54, 1.807) is 0 Å². The lowest BCUT2D eigenvalue weighted by molar-refractivity contribution is 0.724. The van der Waals surface area contributed by atoms with Gasteiger partial charge in [0.15, 0.2) is 0 Å². The van der Waals surface area contributed by atoms with E-state index in [0.29, 0.717) is 0 Å². The first kappa shape index (κ1) is 5.23. The van der Waals surface area contributed by atoms with E-state index in [4.69, 9.17) is 0 Å². The van der Waals surface area contributed by atoms with Crippen LogP contribution in [0.15, 0.2) is 11.0 Å². The standard InChI is InChI=1S/C6H10S/c7-6-4-2-1-3-5-6/h4,7H,1-3,5H2. The van der Waals surface area contributed by atoms with Crippen molar-refractivity contribution in [1.29, 1.82) is 0 Å². The average molecular weight is 114 g/mol. The largest absolute Gasteiger partial charge is 0.148 e. The fourth-order valence-electron chi connectivity index (χ4n) is 0.821. The number of hydrogen-bond acceptors (Lipinski definition) is 1. The summed E-state index contributed by atoms with van der Waals surface area (Å²) in [6, 6.07) is 0. The molecule has 0 saturated heterocycles. The lowest BCUT2D eigenvalue weighted by Gasteiger charge is -2.04. The number of thiol groups is 1. The van der Waals surface area contributed by atoms with E-state index in [1.807, 2.05) is 0 Å². The Morgan fingerprint density at radius 3 is 2.57 bits per heavy atom. The molecule has 0 bridgehead atoms. The molecule has 0 nitrogen and oxygen atoms in total. The van der Waals surface area contributed by atoms with Crippen molar-refractivity contribution < 1.29 is 0 Å². The van der Waals surface area contributed by atoms with Crippen molar-refractivity contribution in [3.05, 3.63) is 11.0 Å². The number of allylic oxidation sites excluding steroid dienone is 2. The van der Waals surface area contributed by atoms with Crippen molar-refractivity contribution in [2.24, 2.45) is 0 Å². The molecular formula is C6H10S. The van der Waals surface area contributed by atoms with Gasteiger partial charge in [-0.1, -0.05) is 6.08 Å². The highest BCUT2D eigenvalue weighted by molar-refractivity contribution is 7.84. The first-order valence-electron chi connectivity index (χ1n) is 2.77. The molecule has 0 aliphatic heterocycles. The van der Waals surface area contributed by atoms with Crippen molar-refractivity contribution in [1.82, 2.24) is 0 Å². The second kappa shape index (κ2) is 2.41. The molecule has 7 heavy (non-hydrogen) atoms. The molecular weight excluding hydrogens is 104 g/mol. The summed E-state index contributed by atoms with van der Waals surface area (Å²) in [5, 5.41) is 0. The van der Waals surface area contributed by atoms with Gasteiger partial charge in [-0.15, -0.1) is 12.6 Å². The predicted octanol–water partition coefficient (Wildman–Crippen LogP) is 2.37. The van der Waals surface area contributed by atoms with Crippen LogP contribution in [0.1, 0.15) is 25.7 Å². The quantitative estimate of drug-likeness (QED) is 0.459. The summed E-state index contributed by atoms with van der Waals surface area (Å²) < 4.78 is 0. The first-order chi connectivity index (χ1) is 3.39. The summed E-state index contributed by atoms with van der Waals surface area (Å²) in [7, 11) is 0. The fourth-order valence-corrected chi connectivity index (χ4v) is 1.11. The number of rotatable bonds is 0. The Morgan fingerprint density at radius 1 is 1.43 bits per heavy atom. The summed E-state index contributed by atoms with van der Waals surface area (Å²) in [4.78, 5) is 1.28. The van der Waals surface area contributed by atoms with Crippen molar-refractivity contribution in [2.45, 2.75) is 25.7 Å². The van der Waals surface area contributed by atoms with E-state index in [9.17, 15) is 0 Å². The predicted molar refractivity (Wildman–Crippen MR) is 35.5 cm³/mol. The summed E-state index contributed by atoms with van der Waals surface area (Å²) in [5.74, 6) is 0. The zero-order chi connectivity index (χ0) is 5.11. The average Bonchev–Trinajstić information content (AvgIpc) is 1.69. The van der Waals surface area contributed by atoms with Crippen LogP contribution in [0.5, 0.6) is 0 Å². The molecule has 0 aromatic rings. The molecule has 1 aliphatic carbocycles. The summed E-state index contributed by atoms with van der Waals surface area (Å²) in [6.45, 7) is 0. The zero-order valence-electron chi connectivity index (χ0n) is 4.35. The molecule has 1 heteroatoms. The van der Waals surface area contributed by atoms with Gasteiger partial charge in [-0.2, -0.15) is 0 Å². The normalized spacial score (nSPS) is 21.6. The Balaban J connectivity index is 2.40. The molecule has 0 fully saturated rings. The van der Waals surface area contributed by atoms with Crippen LogP contribution in [0.4, 0.5) is 0 Å². The topological polar surface area (TPSA) is 0 Å². The van der Waals surface area contributed by atoms with Crippen LogP contribution in [-0.2, 0) is 0 Å². The van der Waals surface area contributed by atoms with Crippen LogP contribution in [-0.4, -0.2) is 0 Å². The summed E-state index contributed by atoms with van der Waals surface area (Å²) >= 11 is 4.22. The molecule has 0 N–H and O–H groups in total. The van der Waals surface area contributed by atoms with Gasteiger partial charge in [0.05, 0.1) is 0 Å². The van der Waals surface area contributed by atoms with Crippen LogP contribution in [0.3, 0.4) is 0 Å². The maximum absolute atomic E-state index is 4.22. The van der Waals surface area contributed by atoms with Gasteiger partial charge in [0.25, 0.3) is 0 Å². The lowest BCUT2D eigenvalue weighted by atomic mass is 10.1. The van der Waals surface area contributed by atoms with Gasteiger partial charge in [-0.3, -0.25) is 0 Å². The van der Waals surface area contributed by atoms with Gasteiger partial charge in [0, 0.05) is 0 Å². The zero-order valence-corrected chi connectivity index (χ0v) is 5.25. The van der Waals surface area contributed by atoms with Crippen LogP contribution in [0, 0.1) is 0 Å². The Labute approximate surface area is 50.0 Å². The maximum Gasteiger partial charge on any atom is -0.0224 e. The van der Waals surface area contributed by atoms with E-state index in [1.165, 1.54) is 30.6 Å². The smallest absolute Gasteiger partial charge is 0.0224 e. The second-order valence-corrected chi connectivity index (χ2v) is 2.52. The Hall–Kier alpha value is 0.0900. The Kier molecular flexibility index (Phi) is 1.80. The van der Waals surface area contributed by atoms with Crippen LogP contribution >= 0.6 is 12.6 Å². The molecule has 0 aromatic carbocycles. The first-order valence-corrected chi connectivity index (χ1v) is 3.22. The Morgan fingerprint density at radius 2 is 2.29 bits per heavy atom. The van der Waals surface area contributed by atoms with E-state index in [0.717, 1.165) is 0 Å². The minimum absolute atomic E-state index is 1.21. The molecule has 0 aromatic heterocycles. The van der Waals surface area contributed by atoms with Gasteiger partial charge in [0.1, 0.15) is 0 Å². The maximum atomic E-state index is 4.22. The molecule has 40 valence electrons. The highest BCUT2D eigenvalue weighted by Crippen LogP contribution is 2.18. The highest BCUT2D eigenvalue weighted by atomic mass is 32.1. The third-order valence-electron chi connectivity index (χ3n) is 1.27. The van der Waals surface area contributed by atoms with Crippen molar-refractivity contribution in [3.8, 4) is 0 Å². The summed E-state index contributed by atoms with van der Waals surface area (Å²) in [5.41, 5.74) is 0. The molecule has 0 atom stereocenters. The van der Waals surface area contributed by atoms with E-state index >= 15 is 0 Å². The third-order valence-corrected chi connectivity index (χ3v) is 1.67. The van der Waals surface area contributed by atoms with Gasteiger partial charge < -0.3 is 0 Å². The van der Waals surface area contributed by atoms with Gasteiger partial charge in [-0.25, -0.2) is 0 Å². The highest BCUT2D eigenvalue weighted by Gasteiger charge is 1.96. The van der Waals surface area contributed by atoms with Gasteiger partial charge in [0.2, 0.25) is 0 Å². The van der Waals surface area contributed by atoms with Gasteiger partial charge in [-0.05, 0) is 30.6 Å². The SMILES string of the molecule is SC1=CCCCC1. The Bertz CT molecular complexity index is 84.2. The minimum Gasteiger partial charge on any atom is -0.148 e.